The van der Waals surface area contributed by atoms with Gasteiger partial charge in [-0.05, 0) is 24.3 Å². The van der Waals surface area contributed by atoms with E-state index in [1.807, 2.05) is 48.0 Å². The maximum atomic E-state index is 12.0. The number of furan rings is 1. The van der Waals surface area contributed by atoms with E-state index in [0.29, 0.717) is 19.3 Å². The number of Topliss-reactive ketones (excluding diaryl/α,β-unsaturated/α-hetero) is 1. The average Bonchev–Trinajstić information content (AvgIpc) is 3.07. The number of rotatable bonds is 5. The first-order chi connectivity index (χ1) is 9.74. The smallest absolute Gasteiger partial charge is 0.140 e. The number of hydrogen-bond acceptors (Lipinski definition) is 3. The van der Waals surface area contributed by atoms with Crippen LogP contribution in [0.25, 0.3) is 11.0 Å². The van der Waals surface area contributed by atoms with Crippen molar-refractivity contribution in [2.45, 2.75) is 19.3 Å². The zero-order valence-electron chi connectivity index (χ0n) is 11.4. The second-order valence-corrected chi connectivity index (χ2v) is 4.87. The van der Waals surface area contributed by atoms with E-state index in [9.17, 15) is 4.79 Å². The van der Waals surface area contributed by atoms with Crippen molar-refractivity contribution in [2.24, 2.45) is 7.05 Å². The summed E-state index contributed by atoms with van der Waals surface area (Å²) >= 11 is 0. The van der Waals surface area contributed by atoms with Crippen LogP contribution in [0.15, 0.2) is 47.1 Å². The van der Waals surface area contributed by atoms with Crippen LogP contribution in [-0.2, 0) is 24.7 Å². The highest BCUT2D eigenvalue weighted by molar-refractivity contribution is 5.82. The summed E-state index contributed by atoms with van der Waals surface area (Å²) in [6.45, 7) is 0. The van der Waals surface area contributed by atoms with E-state index < -0.39 is 0 Å². The fourth-order valence-electron chi connectivity index (χ4n) is 2.34. The molecule has 4 nitrogen and oxygen atoms in total. The maximum Gasteiger partial charge on any atom is 0.140 e. The maximum absolute atomic E-state index is 12.0. The SMILES string of the molecule is Cn1c(CC(=O)CCc2ccco2)nc2ccccc21. The van der Waals surface area contributed by atoms with Crippen molar-refractivity contribution in [2.75, 3.05) is 0 Å². The number of aromatic nitrogens is 2. The monoisotopic (exact) mass is 268 g/mol. The number of imidazole rings is 1. The van der Waals surface area contributed by atoms with Crippen molar-refractivity contribution in [3.8, 4) is 0 Å². The van der Waals surface area contributed by atoms with Crippen LogP contribution in [0.3, 0.4) is 0 Å². The second-order valence-electron chi connectivity index (χ2n) is 4.87. The Morgan fingerprint density at radius 1 is 1.25 bits per heavy atom. The van der Waals surface area contributed by atoms with Crippen LogP contribution in [0.5, 0.6) is 0 Å². The summed E-state index contributed by atoms with van der Waals surface area (Å²) in [6.07, 6.45) is 3.13. The number of carbonyl (C=O) groups is 1. The van der Waals surface area contributed by atoms with Crippen LogP contribution in [-0.4, -0.2) is 15.3 Å². The Kier molecular flexibility index (Phi) is 3.37. The normalized spacial score (nSPS) is 11.1. The van der Waals surface area contributed by atoms with E-state index in [0.717, 1.165) is 22.6 Å². The molecular formula is C16H16N2O2. The van der Waals surface area contributed by atoms with Gasteiger partial charge in [0.05, 0.1) is 23.7 Å². The van der Waals surface area contributed by atoms with Crippen LogP contribution >= 0.6 is 0 Å². The third-order valence-electron chi connectivity index (χ3n) is 3.47. The van der Waals surface area contributed by atoms with Gasteiger partial charge in [-0.15, -0.1) is 0 Å². The molecule has 102 valence electrons. The Labute approximate surface area is 117 Å². The molecule has 0 aliphatic heterocycles. The quantitative estimate of drug-likeness (QED) is 0.715. The van der Waals surface area contributed by atoms with Gasteiger partial charge in [-0.2, -0.15) is 0 Å². The lowest BCUT2D eigenvalue weighted by atomic mass is 10.1. The summed E-state index contributed by atoms with van der Waals surface area (Å²) in [7, 11) is 1.95. The Morgan fingerprint density at radius 2 is 2.10 bits per heavy atom. The molecule has 0 spiro atoms. The van der Waals surface area contributed by atoms with Crippen LogP contribution in [0.1, 0.15) is 18.0 Å². The van der Waals surface area contributed by atoms with Gasteiger partial charge < -0.3 is 8.98 Å². The highest BCUT2D eigenvalue weighted by Gasteiger charge is 2.12. The molecule has 0 bridgehead atoms. The van der Waals surface area contributed by atoms with Gasteiger partial charge in [-0.1, -0.05) is 12.1 Å². The highest BCUT2D eigenvalue weighted by Crippen LogP contribution is 2.15. The van der Waals surface area contributed by atoms with E-state index in [1.54, 1.807) is 6.26 Å². The average molecular weight is 268 g/mol. The van der Waals surface area contributed by atoms with Crippen LogP contribution < -0.4 is 0 Å². The molecule has 0 N–H and O–H groups in total. The molecule has 4 heteroatoms. The van der Waals surface area contributed by atoms with Crippen molar-refractivity contribution in [1.82, 2.24) is 9.55 Å². The lowest BCUT2D eigenvalue weighted by Crippen LogP contribution is -2.08. The van der Waals surface area contributed by atoms with Gasteiger partial charge in [0.1, 0.15) is 17.4 Å². The van der Waals surface area contributed by atoms with Crippen molar-refractivity contribution >= 4 is 16.8 Å². The summed E-state index contributed by atoms with van der Waals surface area (Å²) in [5.41, 5.74) is 1.99. The first-order valence-corrected chi connectivity index (χ1v) is 6.68. The number of para-hydroxylation sites is 2. The topological polar surface area (TPSA) is 48.0 Å². The fraction of sp³-hybridized carbons (Fsp3) is 0.250. The molecule has 2 aromatic heterocycles. The van der Waals surface area contributed by atoms with Crippen molar-refractivity contribution in [1.29, 1.82) is 0 Å². The van der Waals surface area contributed by atoms with Gasteiger partial charge >= 0.3 is 0 Å². The Bertz CT molecular complexity index is 726. The molecule has 0 saturated heterocycles. The van der Waals surface area contributed by atoms with Gasteiger partial charge in [0.2, 0.25) is 0 Å². The molecule has 3 aromatic rings. The van der Waals surface area contributed by atoms with E-state index in [1.165, 1.54) is 0 Å². The first-order valence-electron chi connectivity index (χ1n) is 6.68. The molecule has 20 heavy (non-hydrogen) atoms. The Balaban J connectivity index is 1.69. The lowest BCUT2D eigenvalue weighted by molar-refractivity contribution is -0.118. The van der Waals surface area contributed by atoms with Gasteiger partial charge in [0, 0.05) is 19.9 Å². The molecule has 0 unspecified atom stereocenters. The Hall–Kier alpha value is -2.36. The predicted molar refractivity (Wildman–Crippen MR) is 76.5 cm³/mol. The summed E-state index contributed by atoms with van der Waals surface area (Å²) in [5, 5.41) is 0. The number of aryl methyl sites for hydroxylation is 2. The van der Waals surface area contributed by atoms with E-state index in [2.05, 4.69) is 4.98 Å². The van der Waals surface area contributed by atoms with Gasteiger partial charge in [0.25, 0.3) is 0 Å². The molecule has 0 aliphatic carbocycles. The molecular weight excluding hydrogens is 252 g/mol. The largest absolute Gasteiger partial charge is 0.469 e. The van der Waals surface area contributed by atoms with Crippen molar-refractivity contribution in [3.05, 3.63) is 54.2 Å². The molecule has 3 rings (SSSR count). The zero-order valence-corrected chi connectivity index (χ0v) is 11.4. The molecule has 0 radical (unpaired) electrons. The minimum absolute atomic E-state index is 0.180. The number of benzene rings is 1. The molecule has 0 saturated carbocycles. The number of carbonyl (C=O) groups excluding carboxylic acids is 1. The molecule has 0 atom stereocenters. The zero-order chi connectivity index (χ0) is 13.9. The van der Waals surface area contributed by atoms with Crippen LogP contribution in [0, 0.1) is 0 Å². The minimum atomic E-state index is 0.180. The first kappa shape index (κ1) is 12.7. The van der Waals surface area contributed by atoms with E-state index in [4.69, 9.17) is 4.42 Å². The highest BCUT2D eigenvalue weighted by atomic mass is 16.3. The lowest BCUT2D eigenvalue weighted by Gasteiger charge is -2.01. The molecule has 1 aromatic carbocycles. The summed E-state index contributed by atoms with van der Waals surface area (Å²) in [4.78, 5) is 16.6. The standard InChI is InChI=1S/C16H16N2O2/c1-18-15-7-3-2-6-14(15)17-16(18)11-12(19)8-9-13-5-4-10-20-13/h2-7,10H,8-9,11H2,1H3. The molecule has 0 fully saturated rings. The van der Waals surface area contributed by atoms with Crippen molar-refractivity contribution in [3.63, 3.8) is 0 Å². The third kappa shape index (κ3) is 2.50. The predicted octanol–water partition coefficient (Wildman–Crippen LogP) is 2.91. The number of fused-ring (bicyclic) bond motifs is 1. The summed E-state index contributed by atoms with van der Waals surface area (Å²) in [6, 6.07) is 11.6. The molecule has 0 amide bonds. The van der Waals surface area contributed by atoms with Crippen LogP contribution in [0.2, 0.25) is 0 Å². The van der Waals surface area contributed by atoms with Crippen LogP contribution in [0.4, 0.5) is 0 Å². The van der Waals surface area contributed by atoms with Crippen molar-refractivity contribution < 1.29 is 9.21 Å². The minimum Gasteiger partial charge on any atom is -0.469 e. The molecule has 0 aliphatic rings. The van der Waals surface area contributed by atoms with Gasteiger partial charge in [0.15, 0.2) is 0 Å². The number of hydrogen-bond donors (Lipinski definition) is 0. The van der Waals surface area contributed by atoms with Gasteiger partial charge in [-0.25, -0.2) is 4.98 Å². The number of nitrogens with zero attached hydrogens (tertiary/aromatic N) is 2. The molecule has 2 heterocycles. The number of ketones is 1. The Morgan fingerprint density at radius 3 is 2.85 bits per heavy atom. The van der Waals surface area contributed by atoms with E-state index in [-0.39, 0.29) is 5.78 Å². The van der Waals surface area contributed by atoms with Gasteiger partial charge in [-0.3, -0.25) is 4.79 Å². The summed E-state index contributed by atoms with van der Waals surface area (Å²) in [5.74, 6) is 1.85. The van der Waals surface area contributed by atoms with E-state index >= 15 is 0 Å². The fourth-order valence-corrected chi connectivity index (χ4v) is 2.34. The second kappa shape index (κ2) is 5.33. The summed E-state index contributed by atoms with van der Waals surface area (Å²) < 4.78 is 7.22. The third-order valence-corrected chi connectivity index (χ3v) is 3.47.